The van der Waals surface area contributed by atoms with Crippen LogP contribution in [0.25, 0.3) is 0 Å². The van der Waals surface area contributed by atoms with E-state index in [4.69, 9.17) is 14.2 Å². The van der Waals surface area contributed by atoms with Crippen LogP contribution < -0.4 is 14.2 Å². The number of rotatable bonds is 7. The van der Waals surface area contributed by atoms with Crippen molar-refractivity contribution in [2.75, 3.05) is 13.4 Å². The van der Waals surface area contributed by atoms with Gasteiger partial charge in [-0.15, -0.1) is 0 Å². The molecule has 1 heterocycles. The van der Waals surface area contributed by atoms with E-state index in [0.717, 1.165) is 36.5 Å². The molecule has 0 saturated carbocycles. The van der Waals surface area contributed by atoms with Crippen LogP contribution >= 0.6 is 0 Å². The molecule has 0 spiro atoms. The molecule has 0 fully saturated rings. The Kier molecular flexibility index (Phi) is 5.73. The van der Waals surface area contributed by atoms with Crippen LogP contribution in [0.2, 0.25) is 0 Å². The van der Waals surface area contributed by atoms with E-state index in [-0.39, 0.29) is 0 Å². The lowest BCUT2D eigenvalue weighted by Crippen LogP contribution is -1.95. The van der Waals surface area contributed by atoms with Crippen LogP contribution in [0.1, 0.15) is 40.0 Å². The summed E-state index contributed by atoms with van der Waals surface area (Å²) in [5.41, 5.74) is 2.82. The van der Waals surface area contributed by atoms with E-state index in [9.17, 15) is 0 Å². The molecular weight excluding hydrogens is 264 g/mol. The molecule has 0 amide bonds. The fraction of sp³-hybridized carbons (Fsp3) is 0.444. The molecule has 3 heteroatoms. The zero-order chi connectivity index (χ0) is 15.1. The lowest BCUT2D eigenvalue weighted by Gasteiger charge is -2.05. The Balaban J connectivity index is 1.76. The van der Waals surface area contributed by atoms with Crippen LogP contribution in [-0.2, 0) is 0 Å². The van der Waals surface area contributed by atoms with Gasteiger partial charge in [0.1, 0.15) is 12.4 Å². The SMILES string of the molecule is CCC(C)=CCCC(C)=CCOc1ccc2c(c1)OCO2. The normalized spacial score (nSPS) is 14.4. The average molecular weight is 288 g/mol. The minimum absolute atomic E-state index is 0.294. The molecule has 0 N–H and O–H groups in total. The lowest BCUT2D eigenvalue weighted by molar-refractivity contribution is 0.174. The lowest BCUT2D eigenvalue weighted by atomic mass is 10.1. The van der Waals surface area contributed by atoms with Crippen molar-refractivity contribution in [3.8, 4) is 17.2 Å². The van der Waals surface area contributed by atoms with Gasteiger partial charge in [0.05, 0.1) is 0 Å². The summed E-state index contributed by atoms with van der Waals surface area (Å²) >= 11 is 0. The van der Waals surface area contributed by atoms with Gasteiger partial charge in [-0.3, -0.25) is 0 Å². The van der Waals surface area contributed by atoms with Gasteiger partial charge in [-0.05, 0) is 51.3 Å². The number of hydrogen-bond acceptors (Lipinski definition) is 3. The average Bonchev–Trinajstić information content (AvgIpc) is 2.94. The molecule has 0 aromatic heterocycles. The summed E-state index contributed by atoms with van der Waals surface area (Å²) in [6, 6.07) is 5.66. The zero-order valence-electron chi connectivity index (χ0n) is 13.1. The third-order valence-electron chi connectivity index (χ3n) is 3.61. The zero-order valence-corrected chi connectivity index (χ0v) is 13.1. The Bertz CT molecular complexity index is 529. The van der Waals surface area contributed by atoms with Gasteiger partial charge in [0.15, 0.2) is 11.5 Å². The highest BCUT2D eigenvalue weighted by molar-refractivity contribution is 5.46. The second-order valence-corrected chi connectivity index (χ2v) is 5.32. The number of ether oxygens (including phenoxy) is 3. The molecule has 21 heavy (non-hydrogen) atoms. The first-order chi connectivity index (χ1) is 10.2. The van der Waals surface area contributed by atoms with Crippen LogP contribution in [0.4, 0.5) is 0 Å². The van der Waals surface area contributed by atoms with Crippen molar-refractivity contribution in [1.82, 2.24) is 0 Å². The fourth-order valence-corrected chi connectivity index (χ4v) is 2.04. The summed E-state index contributed by atoms with van der Waals surface area (Å²) in [5.74, 6) is 2.35. The summed E-state index contributed by atoms with van der Waals surface area (Å²) in [6.07, 6.45) is 7.78. The van der Waals surface area contributed by atoms with E-state index in [1.807, 2.05) is 18.2 Å². The predicted octanol–water partition coefficient (Wildman–Crippen LogP) is 4.88. The van der Waals surface area contributed by atoms with E-state index < -0.39 is 0 Å². The highest BCUT2D eigenvalue weighted by atomic mass is 16.7. The second kappa shape index (κ2) is 7.77. The van der Waals surface area contributed by atoms with E-state index in [0.29, 0.717) is 13.4 Å². The third-order valence-corrected chi connectivity index (χ3v) is 3.61. The van der Waals surface area contributed by atoms with Crippen LogP contribution in [0.3, 0.4) is 0 Å². The maximum absolute atomic E-state index is 5.72. The molecule has 1 aliphatic rings. The maximum atomic E-state index is 5.72. The van der Waals surface area contributed by atoms with Crippen molar-refractivity contribution in [2.24, 2.45) is 0 Å². The van der Waals surface area contributed by atoms with Crippen molar-refractivity contribution in [3.63, 3.8) is 0 Å². The maximum Gasteiger partial charge on any atom is 0.231 e. The molecule has 0 radical (unpaired) electrons. The third kappa shape index (κ3) is 4.85. The predicted molar refractivity (Wildman–Crippen MR) is 85.1 cm³/mol. The van der Waals surface area contributed by atoms with Crippen molar-refractivity contribution in [2.45, 2.75) is 40.0 Å². The van der Waals surface area contributed by atoms with E-state index in [1.165, 1.54) is 11.1 Å². The van der Waals surface area contributed by atoms with E-state index in [2.05, 4.69) is 32.9 Å². The van der Waals surface area contributed by atoms with Crippen LogP contribution in [0, 0.1) is 0 Å². The smallest absolute Gasteiger partial charge is 0.231 e. The number of benzene rings is 1. The first-order valence-corrected chi connectivity index (χ1v) is 7.52. The van der Waals surface area contributed by atoms with Crippen molar-refractivity contribution < 1.29 is 14.2 Å². The fourth-order valence-electron chi connectivity index (χ4n) is 2.04. The van der Waals surface area contributed by atoms with Gasteiger partial charge in [0, 0.05) is 6.07 Å². The van der Waals surface area contributed by atoms with Crippen molar-refractivity contribution in [3.05, 3.63) is 41.5 Å². The molecule has 0 saturated heterocycles. The number of fused-ring (bicyclic) bond motifs is 1. The van der Waals surface area contributed by atoms with Gasteiger partial charge in [0.2, 0.25) is 6.79 Å². The Labute approximate surface area is 127 Å². The summed E-state index contributed by atoms with van der Waals surface area (Å²) in [7, 11) is 0. The molecule has 3 nitrogen and oxygen atoms in total. The van der Waals surface area contributed by atoms with E-state index in [1.54, 1.807) is 0 Å². The van der Waals surface area contributed by atoms with Gasteiger partial charge in [-0.2, -0.15) is 0 Å². The van der Waals surface area contributed by atoms with Crippen molar-refractivity contribution >= 4 is 0 Å². The summed E-state index contributed by atoms with van der Waals surface area (Å²) in [6.45, 7) is 7.40. The summed E-state index contributed by atoms with van der Waals surface area (Å²) < 4.78 is 16.3. The molecule has 114 valence electrons. The highest BCUT2D eigenvalue weighted by Crippen LogP contribution is 2.35. The topological polar surface area (TPSA) is 27.7 Å². The Morgan fingerprint density at radius 2 is 1.95 bits per heavy atom. The van der Waals surface area contributed by atoms with Gasteiger partial charge < -0.3 is 14.2 Å². The second-order valence-electron chi connectivity index (χ2n) is 5.32. The molecule has 1 aliphatic heterocycles. The molecule has 0 unspecified atom stereocenters. The van der Waals surface area contributed by atoms with Crippen LogP contribution in [0.15, 0.2) is 41.5 Å². The van der Waals surface area contributed by atoms with Crippen molar-refractivity contribution in [1.29, 1.82) is 0 Å². The van der Waals surface area contributed by atoms with Crippen LogP contribution in [-0.4, -0.2) is 13.4 Å². The Morgan fingerprint density at radius 1 is 1.14 bits per heavy atom. The van der Waals surface area contributed by atoms with Gasteiger partial charge in [0.25, 0.3) is 0 Å². The Morgan fingerprint density at radius 3 is 2.76 bits per heavy atom. The molecule has 0 aliphatic carbocycles. The Hall–Kier alpha value is -1.90. The number of allylic oxidation sites excluding steroid dienone is 3. The summed E-state index contributed by atoms with van der Waals surface area (Å²) in [5, 5.41) is 0. The monoisotopic (exact) mass is 288 g/mol. The first kappa shape index (κ1) is 15.5. The van der Waals surface area contributed by atoms with Gasteiger partial charge >= 0.3 is 0 Å². The largest absolute Gasteiger partial charge is 0.489 e. The molecule has 0 bridgehead atoms. The molecule has 1 aromatic carbocycles. The van der Waals surface area contributed by atoms with Gasteiger partial charge in [-0.25, -0.2) is 0 Å². The standard InChI is InChI=1S/C18H24O3/c1-4-14(2)6-5-7-15(3)10-11-19-16-8-9-17-18(12-16)21-13-20-17/h6,8-10,12H,4-5,7,11,13H2,1-3H3. The molecule has 1 aromatic rings. The van der Waals surface area contributed by atoms with Crippen LogP contribution in [0.5, 0.6) is 17.2 Å². The molecular formula is C18H24O3. The first-order valence-electron chi connectivity index (χ1n) is 7.52. The molecule has 0 atom stereocenters. The minimum atomic E-state index is 0.294. The minimum Gasteiger partial charge on any atom is -0.489 e. The molecule has 2 rings (SSSR count). The highest BCUT2D eigenvalue weighted by Gasteiger charge is 2.13. The van der Waals surface area contributed by atoms with E-state index >= 15 is 0 Å². The van der Waals surface area contributed by atoms with Gasteiger partial charge in [-0.1, -0.05) is 24.1 Å². The number of hydrogen-bond donors (Lipinski definition) is 0. The quantitative estimate of drug-likeness (QED) is 0.669. The summed E-state index contributed by atoms with van der Waals surface area (Å²) in [4.78, 5) is 0.